The van der Waals surface area contributed by atoms with E-state index >= 15 is 0 Å². The summed E-state index contributed by atoms with van der Waals surface area (Å²) in [6.07, 6.45) is 2.58. The summed E-state index contributed by atoms with van der Waals surface area (Å²) < 4.78 is 6.71. The van der Waals surface area contributed by atoms with Crippen molar-refractivity contribution in [1.82, 2.24) is 4.57 Å². The molecule has 0 atom stereocenters. The van der Waals surface area contributed by atoms with E-state index in [0.29, 0.717) is 24.4 Å². The molecule has 0 N–H and O–H groups in total. The lowest BCUT2D eigenvalue weighted by Crippen LogP contribution is -2.06. The summed E-state index contributed by atoms with van der Waals surface area (Å²) in [5.74, 6) is -0.428. The molecule has 0 radical (unpaired) electrons. The Bertz CT molecular complexity index is 412. The number of nitrogens with zero attached hydrogens (tertiary/aromatic N) is 1. The van der Waals surface area contributed by atoms with Gasteiger partial charge in [0.15, 0.2) is 5.78 Å². The van der Waals surface area contributed by atoms with E-state index in [4.69, 9.17) is 4.74 Å². The number of aromatic nitrogens is 1. The van der Waals surface area contributed by atoms with Gasteiger partial charge >= 0.3 is 5.97 Å². The van der Waals surface area contributed by atoms with E-state index < -0.39 is 0 Å². The molecule has 0 saturated heterocycles. The molecule has 0 aliphatic rings. The van der Waals surface area contributed by atoms with Crippen molar-refractivity contribution in [3.8, 4) is 0 Å². The molecule has 1 aromatic rings. The first-order valence-corrected chi connectivity index (χ1v) is 6.66. The third-order valence-electron chi connectivity index (χ3n) is 2.30. The number of ether oxygens (including phenoxy) is 1. The highest BCUT2D eigenvalue weighted by atomic mass is 79.9. The molecule has 0 fully saturated rings. The first kappa shape index (κ1) is 14.0. The van der Waals surface area contributed by atoms with Crippen LogP contribution in [0.3, 0.4) is 0 Å². The van der Waals surface area contributed by atoms with Crippen molar-refractivity contribution in [3.05, 3.63) is 23.5 Å². The fourth-order valence-electron chi connectivity index (χ4n) is 1.55. The van der Waals surface area contributed by atoms with Crippen molar-refractivity contribution in [3.63, 3.8) is 0 Å². The van der Waals surface area contributed by atoms with Gasteiger partial charge in [-0.05, 0) is 19.4 Å². The Kier molecular flexibility index (Phi) is 5.41. The maximum Gasteiger partial charge on any atom is 0.339 e. The van der Waals surface area contributed by atoms with E-state index in [2.05, 4.69) is 15.9 Å². The molecule has 0 aliphatic carbocycles. The maximum atomic E-state index is 11.6. The smallest absolute Gasteiger partial charge is 0.339 e. The summed E-state index contributed by atoms with van der Waals surface area (Å²) in [6.45, 7) is 4.29. The van der Waals surface area contributed by atoms with E-state index in [1.807, 2.05) is 0 Å². The van der Waals surface area contributed by atoms with Gasteiger partial charge in [-0.3, -0.25) is 4.79 Å². The van der Waals surface area contributed by atoms with Crippen molar-refractivity contribution in [2.24, 2.45) is 0 Å². The second kappa shape index (κ2) is 6.59. The predicted molar refractivity (Wildman–Crippen MR) is 68.8 cm³/mol. The lowest BCUT2D eigenvalue weighted by molar-refractivity contribution is 0.0526. The van der Waals surface area contributed by atoms with Crippen LogP contribution in [0, 0.1) is 0 Å². The lowest BCUT2D eigenvalue weighted by Gasteiger charge is -2.04. The van der Waals surface area contributed by atoms with Gasteiger partial charge in [-0.2, -0.15) is 0 Å². The largest absolute Gasteiger partial charge is 0.462 e. The van der Waals surface area contributed by atoms with Crippen LogP contribution in [-0.2, 0) is 11.3 Å². The predicted octanol–water partition coefficient (Wildman–Crippen LogP) is 2.65. The first-order chi connectivity index (χ1) is 8.10. The highest BCUT2D eigenvalue weighted by Crippen LogP contribution is 2.12. The molecule has 0 saturated carbocycles. The summed E-state index contributed by atoms with van der Waals surface area (Å²) in [6, 6.07) is 1.59. The molecule has 1 heterocycles. The standard InChI is InChI=1S/C12H16BrNO3/c1-3-17-12(16)10-7-11(9(2)15)14(8-10)6-4-5-13/h7-8H,3-6H2,1-2H3. The number of carbonyl (C=O) groups is 2. The number of ketones is 1. The minimum Gasteiger partial charge on any atom is -0.462 e. The summed E-state index contributed by atoms with van der Waals surface area (Å²) >= 11 is 3.34. The number of carbonyl (C=O) groups excluding carboxylic acids is 2. The van der Waals surface area contributed by atoms with Crippen LogP contribution in [0.15, 0.2) is 12.3 Å². The highest BCUT2D eigenvalue weighted by Gasteiger charge is 2.15. The molecular formula is C12H16BrNO3. The van der Waals surface area contributed by atoms with Crippen molar-refractivity contribution >= 4 is 27.7 Å². The number of rotatable bonds is 6. The normalized spacial score (nSPS) is 10.3. The molecule has 1 aromatic heterocycles. The molecular weight excluding hydrogens is 286 g/mol. The molecule has 0 aliphatic heterocycles. The maximum absolute atomic E-state index is 11.6. The molecule has 0 aromatic carbocycles. The van der Waals surface area contributed by atoms with Gasteiger partial charge in [0.1, 0.15) is 0 Å². The Labute approximate surface area is 109 Å². The molecule has 5 heteroatoms. The zero-order valence-corrected chi connectivity index (χ0v) is 11.6. The molecule has 0 spiro atoms. The highest BCUT2D eigenvalue weighted by molar-refractivity contribution is 9.09. The Balaban J connectivity index is 2.95. The second-order valence-corrected chi connectivity index (χ2v) is 4.42. The van der Waals surface area contributed by atoms with Crippen LogP contribution in [0.4, 0.5) is 0 Å². The monoisotopic (exact) mass is 301 g/mol. The second-order valence-electron chi connectivity index (χ2n) is 3.63. The lowest BCUT2D eigenvalue weighted by atomic mass is 10.2. The number of esters is 1. The zero-order chi connectivity index (χ0) is 12.8. The van der Waals surface area contributed by atoms with Gasteiger partial charge in [-0.15, -0.1) is 0 Å². The Morgan fingerprint density at radius 2 is 2.18 bits per heavy atom. The molecule has 0 bridgehead atoms. The Morgan fingerprint density at radius 1 is 1.47 bits per heavy atom. The van der Waals surface area contributed by atoms with E-state index in [1.165, 1.54) is 6.92 Å². The van der Waals surface area contributed by atoms with Gasteiger partial charge < -0.3 is 9.30 Å². The van der Waals surface area contributed by atoms with Gasteiger partial charge in [-0.25, -0.2) is 4.79 Å². The van der Waals surface area contributed by atoms with Crippen LogP contribution in [-0.4, -0.2) is 28.3 Å². The van der Waals surface area contributed by atoms with Crippen LogP contribution in [0.25, 0.3) is 0 Å². The average Bonchev–Trinajstić information content (AvgIpc) is 2.70. The van der Waals surface area contributed by atoms with Gasteiger partial charge in [-0.1, -0.05) is 15.9 Å². The quantitative estimate of drug-likeness (QED) is 0.461. The zero-order valence-electron chi connectivity index (χ0n) is 10.0. The molecule has 94 valence electrons. The Hall–Kier alpha value is -1.10. The summed E-state index contributed by atoms with van der Waals surface area (Å²) in [5, 5.41) is 0.858. The number of hydrogen-bond donors (Lipinski definition) is 0. The minimum absolute atomic E-state index is 0.0462. The molecule has 0 amide bonds. The van der Waals surface area contributed by atoms with Crippen LogP contribution in [0.5, 0.6) is 0 Å². The van der Waals surface area contributed by atoms with Crippen LogP contribution in [0.1, 0.15) is 41.1 Å². The third kappa shape index (κ3) is 3.70. The fraction of sp³-hybridized carbons (Fsp3) is 0.500. The number of Topliss-reactive ketones (excluding diaryl/α,β-unsaturated/α-hetero) is 1. The number of halogens is 1. The minimum atomic E-state index is -0.382. The summed E-state index contributed by atoms with van der Waals surface area (Å²) in [5.41, 5.74) is 0.987. The molecule has 0 unspecified atom stereocenters. The van der Waals surface area contributed by atoms with Gasteiger partial charge in [0.25, 0.3) is 0 Å². The van der Waals surface area contributed by atoms with E-state index in [0.717, 1.165) is 11.8 Å². The van der Waals surface area contributed by atoms with E-state index in [-0.39, 0.29) is 11.8 Å². The van der Waals surface area contributed by atoms with Crippen molar-refractivity contribution in [2.45, 2.75) is 26.8 Å². The SMILES string of the molecule is CCOC(=O)c1cc(C(C)=O)n(CCCBr)c1. The number of aryl methyl sites for hydroxylation is 1. The van der Waals surface area contributed by atoms with Crippen LogP contribution >= 0.6 is 15.9 Å². The van der Waals surface area contributed by atoms with Gasteiger partial charge in [0.2, 0.25) is 0 Å². The van der Waals surface area contributed by atoms with Crippen LogP contribution in [0.2, 0.25) is 0 Å². The van der Waals surface area contributed by atoms with Crippen LogP contribution < -0.4 is 0 Å². The molecule has 1 rings (SSSR count). The van der Waals surface area contributed by atoms with Gasteiger partial charge in [0, 0.05) is 25.0 Å². The van der Waals surface area contributed by atoms with E-state index in [9.17, 15) is 9.59 Å². The molecule has 17 heavy (non-hydrogen) atoms. The van der Waals surface area contributed by atoms with Crippen molar-refractivity contribution in [2.75, 3.05) is 11.9 Å². The van der Waals surface area contributed by atoms with E-state index in [1.54, 1.807) is 23.8 Å². The average molecular weight is 302 g/mol. The van der Waals surface area contributed by atoms with Gasteiger partial charge in [0.05, 0.1) is 17.9 Å². The van der Waals surface area contributed by atoms with Crippen molar-refractivity contribution in [1.29, 1.82) is 0 Å². The topological polar surface area (TPSA) is 48.3 Å². The fourth-order valence-corrected chi connectivity index (χ4v) is 1.80. The molecule has 4 nitrogen and oxygen atoms in total. The number of alkyl halides is 1. The first-order valence-electron chi connectivity index (χ1n) is 5.54. The summed E-state index contributed by atoms with van der Waals surface area (Å²) in [7, 11) is 0. The third-order valence-corrected chi connectivity index (χ3v) is 2.86. The Morgan fingerprint density at radius 3 is 2.71 bits per heavy atom. The summed E-state index contributed by atoms with van der Waals surface area (Å²) in [4.78, 5) is 23.0. The van der Waals surface area contributed by atoms with Crippen molar-refractivity contribution < 1.29 is 14.3 Å². The number of hydrogen-bond acceptors (Lipinski definition) is 3.